The Kier molecular flexibility index (Phi) is 5.58. The van der Waals surface area contributed by atoms with E-state index in [4.69, 9.17) is 8.83 Å². The lowest BCUT2D eigenvalue weighted by molar-refractivity contribution is 0.460. The van der Waals surface area contributed by atoms with Crippen LogP contribution in [0.3, 0.4) is 0 Å². The molecule has 192 valence electrons. The van der Waals surface area contributed by atoms with Crippen molar-refractivity contribution in [2.75, 3.05) is 0 Å². The van der Waals surface area contributed by atoms with Crippen molar-refractivity contribution in [3.05, 3.63) is 117 Å². The van der Waals surface area contributed by atoms with Crippen LogP contribution < -0.4 is 10.9 Å². The Bertz CT molecular complexity index is 1850. The lowest BCUT2D eigenvalue weighted by Gasteiger charge is -2.12. The molecule has 0 fully saturated rings. The first-order chi connectivity index (χ1) is 18.8. The van der Waals surface area contributed by atoms with Crippen LogP contribution >= 0.6 is 0 Å². The Morgan fingerprint density at radius 2 is 0.897 bits per heavy atom. The number of benzene rings is 4. The number of aromatic hydroxyl groups is 4. The van der Waals surface area contributed by atoms with Gasteiger partial charge in [-0.1, -0.05) is 24.3 Å². The maximum Gasteiger partial charge on any atom is 0.200 e. The van der Waals surface area contributed by atoms with Gasteiger partial charge in [-0.25, -0.2) is 0 Å². The average molecular weight is 520 g/mol. The third-order valence-corrected chi connectivity index (χ3v) is 6.75. The summed E-state index contributed by atoms with van der Waals surface area (Å²) in [6.07, 6.45) is 2.47. The lowest BCUT2D eigenvalue weighted by atomic mass is 9.97. The number of phenolic OH excluding ortho intramolecular Hbond substituents is 4. The molecule has 39 heavy (non-hydrogen) atoms. The van der Waals surface area contributed by atoms with E-state index in [2.05, 4.69) is 0 Å². The third kappa shape index (κ3) is 4.04. The van der Waals surface area contributed by atoms with Crippen molar-refractivity contribution in [2.45, 2.75) is 6.42 Å². The molecule has 0 saturated carbocycles. The number of hydrogen-bond acceptors (Lipinski definition) is 8. The maximum absolute atomic E-state index is 13.3. The summed E-state index contributed by atoms with van der Waals surface area (Å²) in [6, 6.07) is 17.9. The van der Waals surface area contributed by atoms with Crippen molar-refractivity contribution in [3.63, 3.8) is 0 Å². The summed E-state index contributed by atoms with van der Waals surface area (Å²) in [5, 5.41) is 41.0. The van der Waals surface area contributed by atoms with Gasteiger partial charge < -0.3 is 29.3 Å². The summed E-state index contributed by atoms with van der Waals surface area (Å²) in [5.74, 6) is -0.203. The van der Waals surface area contributed by atoms with E-state index in [1.54, 1.807) is 24.3 Å². The molecule has 0 aliphatic rings. The zero-order valence-corrected chi connectivity index (χ0v) is 20.2. The van der Waals surface area contributed by atoms with Crippen LogP contribution in [0.1, 0.15) is 11.1 Å². The predicted octanol–water partition coefficient (Wildman–Crippen LogP) is 5.65. The van der Waals surface area contributed by atoms with E-state index in [9.17, 15) is 30.0 Å². The van der Waals surface area contributed by atoms with E-state index < -0.39 is 0 Å². The zero-order chi connectivity index (χ0) is 27.3. The molecule has 2 heterocycles. The quantitative estimate of drug-likeness (QED) is 0.234. The molecule has 0 aliphatic carbocycles. The van der Waals surface area contributed by atoms with Gasteiger partial charge in [0.25, 0.3) is 0 Å². The zero-order valence-electron chi connectivity index (χ0n) is 20.2. The summed E-state index contributed by atoms with van der Waals surface area (Å²) in [6.45, 7) is 0. The molecule has 0 spiro atoms. The van der Waals surface area contributed by atoms with Gasteiger partial charge in [0.15, 0.2) is 0 Å². The standard InChI is InChI=1S/C31H20O8/c32-18-5-1-16(2-6-18)24-14-38-30-20(28(24)36)9-11-26(34)22(30)13-23-27(35)12-10-21-29(37)25(15-39-31(21)23)17-3-7-19(33)8-4-17/h1-12,14-15,32-35H,13H2. The molecule has 0 aliphatic heterocycles. The number of fused-ring (bicyclic) bond motifs is 2. The molecule has 8 heteroatoms. The van der Waals surface area contributed by atoms with E-state index in [0.29, 0.717) is 11.1 Å². The van der Waals surface area contributed by atoms with Crippen LogP contribution in [0, 0.1) is 0 Å². The van der Waals surface area contributed by atoms with Gasteiger partial charge in [-0.05, 0) is 59.7 Å². The van der Waals surface area contributed by atoms with Crippen LogP contribution in [0.2, 0.25) is 0 Å². The molecule has 0 radical (unpaired) electrons. The maximum atomic E-state index is 13.3. The first-order valence-corrected chi connectivity index (χ1v) is 11.9. The van der Waals surface area contributed by atoms with Crippen LogP contribution in [0.25, 0.3) is 44.2 Å². The summed E-state index contributed by atoms with van der Waals surface area (Å²) in [7, 11) is 0. The molecule has 6 aromatic rings. The van der Waals surface area contributed by atoms with E-state index in [1.807, 2.05) is 0 Å². The van der Waals surface area contributed by atoms with Crippen molar-refractivity contribution in [2.24, 2.45) is 0 Å². The van der Waals surface area contributed by atoms with Crippen LogP contribution in [-0.4, -0.2) is 20.4 Å². The van der Waals surface area contributed by atoms with E-state index >= 15 is 0 Å². The van der Waals surface area contributed by atoms with Gasteiger partial charge in [-0.2, -0.15) is 0 Å². The molecule has 0 amide bonds. The van der Waals surface area contributed by atoms with Crippen molar-refractivity contribution < 1.29 is 29.3 Å². The largest absolute Gasteiger partial charge is 0.508 e. The van der Waals surface area contributed by atoms with E-state index in [1.165, 1.54) is 61.1 Å². The van der Waals surface area contributed by atoms with Crippen LogP contribution in [0.4, 0.5) is 0 Å². The fourth-order valence-corrected chi connectivity index (χ4v) is 4.69. The van der Waals surface area contributed by atoms with Crippen LogP contribution in [0.5, 0.6) is 23.0 Å². The topological polar surface area (TPSA) is 141 Å². The Morgan fingerprint density at radius 3 is 1.28 bits per heavy atom. The van der Waals surface area contributed by atoms with Gasteiger partial charge in [0, 0.05) is 17.5 Å². The SMILES string of the molecule is O=c1c(-c2ccc(O)cc2)coc2c(Cc3c(O)ccc4c(=O)c(-c5ccc(O)cc5)coc34)c(O)ccc12. The predicted molar refractivity (Wildman–Crippen MR) is 145 cm³/mol. The normalized spacial score (nSPS) is 11.3. The van der Waals surface area contributed by atoms with Crippen molar-refractivity contribution in [3.8, 4) is 45.3 Å². The Morgan fingerprint density at radius 1 is 0.513 bits per heavy atom. The highest BCUT2D eigenvalue weighted by atomic mass is 16.3. The molecule has 0 unspecified atom stereocenters. The molecule has 4 aromatic carbocycles. The van der Waals surface area contributed by atoms with Crippen molar-refractivity contribution in [1.82, 2.24) is 0 Å². The molecule has 0 atom stereocenters. The highest BCUT2D eigenvalue weighted by Crippen LogP contribution is 2.35. The highest BCUT2D eigenvalue weighted by Gasteiger charge is 2.20. The summed E-state index contributed by atoms with van der Waals surface area (Å²) in [5.41, 5.74) is 1.70. The Hall–Kier alpha value is -5.50. The van der Waals surface area contributed by atoms with E-state index in [0.717, 1.165) is 0 Å². The van der Waals surface area contributed by atoms with Gasteiger partial charge in [0.1, 0.15) is 46.7 Å². The minimum absolute atomic E-state index is 0.0628. The molecule has 0 saturated heterocycles. The molecular weight excluding hydrogens is 500 g/mol. The molecule has 4 N–H and O–H groups in total. The van der Waals surface area contributed by atoms with Crippen LogP contribution in [0.15, 0.2) is 104 Å². The average Bonchev–Trinajstić information content (AvgIpc) is 2.93. The molecule has 8 nitrogen and oxygen atoms in total. The van der Waals surface area contributed by atoms with Gasteiger partial charge in [0.2, 0.25) is 10.9 Å². The first kappa shape index (κ1) is 23.9. The fourth-order valence-electron chi connectivity index (χ4n) is 4.69. The van der Waals surface area contributed by atoms with Gasteiger partial charge in [-0.3, -0.25) is 9.59 Å². The second-order valence-electron chi connectivity index (χ2n) is 9.11. The summed E-state index contributed by atoms with van der Waals surface area (Å²) >= 11 is 0. The Labute approximate surface area is 219 Å². The summed E-state index contributed by atoms with van der Waals surface area (Å²) in [4.78, 5) is 26.6. The second kappa shape index (κ2) is 9.11. The van der Waals surface area contributed by atoms with Gasteiger partial charge in [-0.15, -0.1) is 0 Å². The van der Waals surface area contributed by atoms with Crippen molar-refractivity contribution in [1.29, 1.82) is 0 Å². The third-order valence-electron chi connectivity index (χ3n) is 6.75. The number of phenols is 4. The lowest BCUT2D eigenvalue weighted by Crippen LogP contribution is -2.07. The molecule has 0 bridgehead atoms. The van der Waals surface area contributed by atoms with Gasteiger partial charge in [0.05, 0.1) is 21.9 Å². The minimum atomic E-state index is -0.338. The monoisotopic (exact) mass is 520 g/mol. The number of rotatable bonds is 4. The number of hydrogen-bond donors (Lipinski definition) is 4. The highest BCUT2D eigenvalue weighted by molar-refractivity contribution is 5.89. The van der Waals surface area contributed by atoms with Crippen molar-refractivity contribution >= 4 is 21.9 Å². The summed E-state index contributed by atoms with van der Waals surface area (Å²) < 4.78 is 11.7. The molecule has 2 aromatic heterocycles. The first-order valence-electron chi connectivity index (χ1n) is 11.9. The second-order valence-corrected chi connectivity index (χ2v) is 9.11. The van der Waals surface area contributed by atoms with E-state index in [-0.39, 0.29) is 84.5 Å². The van der Waals surface area contributed by atoms with Crippen LogP contribution in [-0.2, 0) is 6.42 Å². The molecular formula is C31H20O8. The minimum Gasteiger partial charge on any atom is -0.508 e. The van der Waals surface area contributed by atoms with Gasteiger partial charge >= 0.3 is 0 Å². The smallest absolute Gasteiger partial charge is 0.200 e. The molecule has 6 rings (SSSR count). The fraction of sp³-hybridized carbons (Fsp3) is 0.0323. The Balaban J connectivity index is 1.49.